The predicted molar refractivity (Wildman–Crippen MR) is 209 cm³/mol. The molecule has 5 fully saturated rings. The fourth-order valence-corrected chi connectivity index (χ4v) is 13.9. The lowest BCUT2D eigenvalue weighted by Crippen LogP contribution is -2.67. The molecule has 5 saturated carbocycles. The topological polar surface area (TPSA) is 111 Å². The number of carbonyl (C=O) groups excluding carboxylic acids is 4. The first-order valence-corrected chi connectivity index (χ1v) is 21.5. The number of fused-ring (bicyclic) bond motifs is 7. The molecule has 0 bridgehead atoms. The van der Waals surface area contributed by atoms with Crippen LogP contribution in [0.15, 0.2) is 12.2 Å². The molecule has 300 valence electrons. The first-order chi connectivity index (χ1) is 25.0. The maximum atomic E-state index is 14.5. The molecule has 0 aromatic heterocycles. The number of amides is 2. The summed E-state index contributed by atoms with van der Waals surface area (Å²) in [7, 11) is 0. The van der Waals surface area contributed by atoms with Crippen LogP contribution in [0.1, 0.15) is 165 Å². The number of ether oxygens (including phenoxy) is 2. The second-order valence-corrected chi connectivity index (χ2v) is 19.5. The first-order valence-electron chi connectivity index (χ1n) is 21.5. The smallest absolute Gasteiger partial charge is 0.307 e. The third-order valence-electron chi connectivity index (χ3n) is 16.6. The van der Waals surface area contributed by atoms with Gasteiger partial charge in [0.1, 0.15) is 6.10 Å². The van der Waals surface area contributed by atoms with E-state index in [1.54, 1.807) is 13.8 Å². The Hall–Kier alpha value is -2.38. The van der Waals surface area contributed by atoms with E-state index in [0.29, 0.717) is 61.6 Å². The molecule has 5 aliphatic carbocycles. The zero-order valence-corrected chi connectivity index (χ0v) is 34.8. The fourth-order valence-electron chi connectivity index (χ4n) is 13.9. The van der Waals surface area contributed by atoms with Crippen molar-refractivity contribution >= 4 is 23.8 Å². The van der Waals surface area contributed by atoms with Gasteiger partial charge in [-0.2, -0.15) is 0 Å². The molecule has 0 aromatic carbocycles. The molecule has 2 N–H and O–H groups in total. The summed E-state index contributed by atoms with van der Waals surface area (Å²) in [6, 6.07) is 0. The van der Waals surface area contributed by atoms with Crippen LogP contribution in [0.25, 0.3) is 0 Å². The molecule has 53 heavy (non-hydrogen) atoms. The molecule has 0 saturated heterocycles. The van der Waals surface area contributed by atoms with Gasteiger partial charge in [-0.25, -0.2) is 0 Å². The number of hydrogen-bond donors (Lipinski definition) is 2. The van der Waals surface area contributed by atoms with Gasteiger partial charge >= 0.3 is 11.9 Å². The lowest BCUT2D eigenvalue weighted by atomic mass is 9.32. The molecular weight excluding hydrogens is 665 g/mol. The number of carbonyl (C=O) groups is 4. The lowest BCUT2D eigenvalue weighted by Gasteiger charge is -2.72. The predicted octanol–water partition coefficient (Wildman–Crippen LogP) is 9.10. The summed E-state index contributed by atoms with van der Waals surface area (Å²) in [5.41, 5.74) is 1.51. The summed E-state index contributed by atoms with van der Waals surface area (Å²) in [4.78, 5) is 50.1. The molecule has 0 radical (unpaired) electrons. The van der Waals surface area contributed by atoms with Gasteiger partial charge in [0.15, 0.2) is 0 Å². The number of rotatable bonds is 15. The summed E-state index contributed by atoms with van der Waals surface area (Å²) in [6.07, 6.45) is 16.6. The minimum Gasteiger partial charge on any atom is -0.466 e. The van der Waals surface area contributed by atoms with Crippen LogP contribution < -0.4 is 10.6 Å². The normalized spacial score (nSPS) is 38.3. The van der Waals surface area contributed by atoms with Gasteiger partial charge in [0.2, 0.25) is 11.8 Å². The number of allylic oxidation sites excluding steroid dienone is 1. The molecule has 5 aliphatic rings. The van der Waals surface area contributed by atoms with E-state index >= 15 is 0 Å². The van der Waals surface area contributed by atoms with Gasteiger partial charge in [-0.1, -0.05) is 66.0 Å². The highest BCUT2D eigenvalue weighted by molar-refractivity contribution is 5.84. The Morgan fingerprint density at radius 2 is 1.43 bits per heavy atom. The number of hydrogen-bond acceptors (Lipinski definition) is 6. The van der Waals surface area contributed by atoms with Crippen molar-refractivity contribution in [1.29, 1.82) is 0 Å². The zero-order valence-electron chi connectivity index (χ0n) is 34.8. The number of unbranched alkanes of at least 4 members (excludes halogenated alkanes) is 4. The van der Waals surface area contributed by atoms with Gasteiger partial charge in [0.05, 0.1) is 18.4 Å². The molecule has 8 nitrogen and oxygen atoms in total. The monoisotopic (exact) mass is 739 g/mol. The van der Waals surface area contributed by atoms with Gasteiger partial charge in [-0.3, -0.25) is 19.2 Å². The van der Waals surface area contributed by atoms with Crippen molar-refractivity contribution in [3.63, 3.8) is 0 Å². The van der Waals surface area contributed by atoms with Crippen molar-refractivity contribution in [1.82, 2.24) is 10.6 Å². The average Bonchev–Trinajstić information content (AvgIpc) is 3.49. The Morgan fingerprint density at radius 3 is 2.13 bits per heavy atom. The lowest BCUT2D eigenvalue weighted by molar-refractivity contribution is -0.248. The molecule has 0 spiro atoms. The van der Waals surface area contributed by atoms with Gasteiger partial charge in [0, 0.05) is 31.8 Å². The number of nitrogens with one attached hydrogen (secondary N) is 2. The Kier molecular flexibility index (Phi) is 12.9. The quantitative estimate of drug-likeness (QED) is 0.0986. The second kappa shape index (κ2) is 16.4. The molecule has 0 aromatic rings. The van der Waals surface area contributed by atoms with Gasteiger partial charge in [-0.05, 0) is 137 Å². The molecule has 0 unspecified atom stereocenters. The minimum atomic E-state index is -0.303. The third-order valence-corrected chi connectivity index (χ3v) is 16.6. The van der Waals surface area contributed by atoms with Crippen LogP contribution in [0, 0.1) is 56.7 Å². The van der Waals surface area contributed by atoms with E-state index in [1.165, 1.54) is 31.3 Å². The molecule has 2 amide bonds. The first kappa shape index (κ1) is 41.8. The van der Waals surface area contributed by atoms with Gasteiger partial charge in [-0.15, -0.1) is 0 Å². The summed E-state index contributed by atoms with van der Waals surface area (Å²) < 4.78 is 10.9. The SMILES string of the molecule is C=C(C)[C@@H]1CC[C@]2(C(=O)NCCCCCCCC(=O)NCCC(=O)OCC)CC[C@]3(C)[C@H](CC[C@@H]4[C@@]5(C)CC[C@H](OC(C)=O)C(C)(C)[C@@H]5CC[C@]43C)[C@@H]12. The highest BCUT2D eigenvalue weighted by atomic mass is 16.5. The van der Waals surface area contributed by atoms with Gasteiger partial charge in [0.25, 0.3) is 0 Å². The molecule has 8 heteroatoms. The number of esters is 2. The highest BCUT2D eigenvalue weighted by Gasteiger charge is 2.72. The average molecular weight is 739 g/mol. The standard InChI is InChI=1S/C45H74N2O6/c1-10-52-38(50)22-29-46-37(49)16-14-12-11-13-15-28-47-40(51)45-25-19-32(30(2)3)39(45)33-17-18-35-42(7)23-21-36(53-31(4)48)41(5,6)34(42)20-24-44(35,9)43(33,8)26-27-45/h32-36,39H,2,10-29H2,1,3-9H3,(H,46,49)(H,47,51)/t32-,33+,34-,35+,36-,39+,42-,43+,44+,45-/m0/s1. The Balaban J connectivity index is 1.18. The zero-order chi connectivity index (χ0) is 38.8. The summed E-state index contributed by atoms with van der Waals surface area (Å²) in [5, 5.41) is 6.27. The Bertz CT molecular complexity index is 1380. The maximum Gasteiger partial charge on any atom is 0.307 e. The van der Waals surface area contributed by atoms with E-state index < -0.39 is 0 Å². The van der Waals surface area contributed by atoms with E-state index in [2.05, 4.69) is 58.8 Å². The molecular formula is C45H74N2O6. The van der Waals surface area contributed by atoms with E-state index in [9.17, 15) is 19.2 Å². The Labute approximate surface area is 321 Å². The van der Waals surface area contributed by atoms with Crippen LogP contribution in [0.3, 0.4) is 0 Å². The van der Waals surface area contributed by atoms with E-state index in [1.807, 2.05) is 0 Å². The van der Waals surface area contributed by atoms with Crippen molar-refractivity contribution in [3.8, 4) is 0 Å². The molecule has 5 rings (SSSR count). The highest BCUT2D eigenvalue weighted by Crippen LogP contribution is 2.77. The Morgan fingerprint density at radius 1 is 0.717 bits per heavy atom. The van der Waals surface area contributed by atoms with Crippen molar-refractivity contribution < 1.29 is 28.7 Å². The van der Waals surface area contributed by atoms with Crippen molar-refractivity contribution in [2.75, 3.05) is 19.7 Å². The largest absolute Gasteiger partial charge is 0.466 e. The maximum absolute atomic E-state index is 14.5. The minimum absolute atomic E-state index is 0.00708. The van der Waals surface area contributed by atoms with Crippen molar-refractivity contribution in [3.05, 3.63) is 12.2 Å². The van der Waals surface area contributed by atoms with Gasteiger partial charge < -0.3 is 20.1 Å². The summed E-state index contributed by atoms with van der Waals surface area (Å²) in [5.74, 6) is 2.27. The van der Waals surface area contributed by atoms with Crippen LogP contribution >= 0.6 is 0 Å². The summed E-state index contributed by atoms with van der Waals surface area (Å²) in [6.45, 7) is 24.1. The van der Waals surface area contributed by atoms with E-state index in [-0.39, 0.29) is 57.4 Å². The van der Waals surface area contributed by atoms with Crippen molar-refractivity contribution in [2.45, 2.75) is 171 Å². The molecule has 0 aliphatic heterocycles. The molecule has 0 heterocycles. The van der Waals surface area contributed by atoms with Crippen LogP contribution in [0.4, 0.5) is 0 Å². The fraction of sp³-hybridized carbons (Fsp3) is 0.867. The van der Waals surface area contributed by atoms with Crippen LogP contribution in [0.5, 0.6) is 0 Å². The second-order valence-electron chi connectivity index (χ2n) is 19.5. The molecule has 10 atom stereocenters. The summed E-state index contributed by atoms with van der Waals surface area (Å²) >= 11 is 0. The third kappa shape index (κ3) is 7.73. The van der Waals surface area contributed by atoms with Crippen LogP contribution in [0.2, 0.25) is 0 Å². The van der Waals surface area contributed by atoms with E-state index in [0.717, 1.165) is 70.6 Å². The van der Waals surface area contributed by atoms with Crippen LogP contribution in [-0.4, -0.2) is 49.6 Å². The van der Waals surface area contributed by atoms with E-state index in [4.69, 9.17) is 9.47 Å². The van der Waals surface area contributed by atoms with Crippen LogP contribution in [-0.2, 0) is 28.7 Å². The van der Waals surface area contributed by atoms with Crippen molar-refractivity contribution in [2.24, 2.45) is 56.7 Å².